The number of pyridine rings is 1. The fourth-order valence-electron chi connectivity index (χ4n) is 1.87. The van der Waals surface area contributed by atoms with Gasteiger partial charge in [-0.1, -0.05) is 11.6 Å². The van der Waals surface area contributed by atoms with Crippen LogP contribution in [0, 0.1) is 0 Å². The van der Waals surface area contributed by atoms with Crippen molar-refractivity contribution >= 4 is 23.7 Å². The lowest BCUT2D eigenvalue weighted by atomic mass is 10.2. The predicted molar refractivity (Wildman–Crippen MR) is 89.4 cm³/mol. The summed E-state index contributed by atoms with van der Waals surface area (Å²) in [5.41, 5.74) is 2.65. The van der Waals surface area contributed by atoms with Gasteiger partial charge in [0.2, 0.25) is 0 Å². The van der Waals surface area contributed by atoms with Crippen molar-refractivity contribution < 1.29 is 9.53 Å². The highest BCUT2D eigenvalue weighted by atomic mass is 35.5. The summed E-state index contributed by atoms with van der Waals surface area (Å²) in [7, 11) is 1.57. The van der Waals surface area contributed by atoms with Crippen LogP contribution in [0.25, 0.3) is 0 Å². The van der Waals surface area contributed by atoms with E-state index in [2.05, 4.69) is 10.5 Å². The molecule has 1 aromatic carbocycles. The molecular formula is C16H16ClN3O3. The fourth-order valence-corrected chi connectivity index (χ4v) is 2.11. The van der Waals surface area contributed by atoms with Gasteiger partial charge >= 0.3 is 0 Å². The number of rotatable bonds is 5. The van der Waals surface area contributed by atoms with Crippen LogP contribution in [0.15, 0.2) is 46.4 Å². The first-order chi connectivity index (χ1) is 11.0. The number of amides is 1. The zero-order valence-corrected chi connectivity index (χ0v) is 13.5. The van der Waals surface area contributed by atoms with Gasteiger partial charge in [-0.2, -0.15) is 5.10 Å². The summed E-state index contributed by atoms with van der Waals surface area (Å²) in [6, 6.07) is 8.22. The first-order valence-corrected chi connectivity index (χ1v) is 7.32. The summed E-state index contributed by atoms with van der Waals surface area (Å²) in [6.07, 6.45) is 3.01. The maximum Gasteiger partial charge on any atom is 0.276 e. The molecule has 0 aliphatic heterocycles. The number of nitrogens with zero attached hydrogens (tertiary/aromatic N) is 2. The molecule has 0 atom stereocenters. The van der Waals surface area contributed by atoms with Gasteiger partial charge in [0.25, 0.3) is 11.5 Å². The van der Waals surface area contributed by atoms with Gasteiger partial charge in [0.15, 0.2) is 0 Å². The van der Waals surface area contributed by atoms with Gasteiger partial charge in [0.1, 0.15) is 11.3 Å². The van der Waals surface area contributed by atoms with Crippen LogP contribution < -0.4 is 15.7 Å². The molecule has 0 saturated heterocycles. The lowest BCUT2D eigenvalue weighted by Gasteiger charge is -2.05. The number of aryl methyl sites for hydroxylation is 1. The highest BCUT2D eigenvalue weighted by molar-refractivity contribution is 6.32. The van der Waals surface area contributed by atoms with Gasteiger partial charge in [-0.05, 0) is 42.8 Å². The van der Waals surface area contributed by atoms with Crippen LogP contribution >= 0.6 is 11.6 Å². The van der Waals surface area contributed by atoms with Gasteiger partial charge in [-0.25, -0.2) is 5.43 Å². The number of carbonyl (C=O) groups is 1. The van der Waals surface area contributed by atoms with Crippen LogP contribution in [0.1, 0.15) is 22.8 Å². The summed E-state index contributed by atoms with van der Waals surface area (Å²) >= 11 is 6.07. The van der Waals surface area contributed by atoms with E-state index in [-0.39, 0.29) is 11.1 Å². The molecule has 2 aromatic rings. The predicted octanol–water partition coefficient (Wildman–Crippen LogP) is 2.20. The van der Waals surface area contributed by atoms with Crippen molar-refractivity contribution in [1.29, 1.82) is 0 Å². The molecule has 0 fully saturated rings. The summed E-state index contributed by atoms with van der Waals surface area (Å²) in [5.74, 6) is 0.0163. The minimum Gasteiger partial charge on any atom is -0.492 e. The van der Waals surface area contributed by atoms with Gasteiger partial charge in [-0.3, -0.25) is 9.59 Å². The average molecular weight is 334 g/mol. The Kier molecular flexibility index (Phi) is 5.54. The molecule has 0 radical (unpaired) electrons. The second kappa shape index (κ2) is 7.60. The zero-order valence-electron chi connectivity index (χ0n) is 12.7. The SMILES string of the molecule is CCOc1ccc(/C=N\NC(=O)c2cccn(C)c2=O)cc1Cl. The summed E-state index contributed by atoms with van der Waals surface area (Å²) < 4.78 is 6.66. The fraction of sp³-hybridized carbons (Fsp3) is 0.188. The Hall–Kier alpha value is -2.60. The van der Waals surface area contributed by atoms with E-state index in [0.717, 1.165) is 0 Å². The molecule has 6 nitrogen and oxygen atoms in total. The van der Waals surface area contributed by atoms with Crippen LogP contribution in [0.4, 0.5) is 0 Å². The lowest BCUT2D eigenvalue weighted by molar-refractivity contribution is 0.0953. The highest BCUT2D eigenvalue weighted by Crippen LogP contribution is 2.24. The second-order valence-corrected chi connectivity index (χ2v) is 5.07. The maximum atomic E-state index is 11.9. The van der Waals surface area contributed by atoms with Gasteiger partial charge in [-0.15, -0.1) is 0 Å². The third-order valence-electron chi connectivity index (χ3n) is 3.00. The molecule has 23 heavy (non-hydrogen) atoms. The highest BCUT2D eigenvalue weighted by Gasteiger charge is 2.09. The van der Waals surface area contributed by atoms with E-state index in [1.165, 1.54) is 16.8 Å². The molecule has 0 aliphatic rings. The molecule has 2 rings (SSSR count). The molecule has 1 amide bonds. The van der Waals surface area contributed by atoms with E-state index in [1.807, 2.05) is 6.92 Å². The largest absolute Gasteiger partial charge is 0.492 e. The number of ether oxygens (including phenoxy) is 1. The van der Waals surface area contributed by atoms with E-state index >= 15 is 0 Å². The Morgan fingerprint density at radius 2 is 2.22 bits per heavy atom. The quantitative estimate of drug-likeness (QED) is 0.673. The van der Waals surface area contributed by atoms with E-state index in [1.54, 1.807) is 37.5 Å². The first-order valence-electron chi connectivity index (χ1n) is 6.94. The molecule has 120 valence electrons. The van der Waals surface area contributed by atoms with Crippen LogP contribution in [-0.4, -0.2) is 23.3 Å². The van der Waals surface area contributed by atoms with Crippen LogP contribution in [-0.2, 0) is 7.05 Å². The molecule has 0 bridgehead atoms. The number of aromatic nitrogens is 1. The Bertz CT molecular complexity index is 799. The van der Waals surface area contributed by atoms with E-state index < -0.39 is 5.91 Å². The zero-order chi connectivity index (χ0) is 16.8. The molecule has 1 heterocycles. The maximum absolute atomic E-state index is 11.9. The standard InChI is InChI=1S/C16H16ClN3O3/c1-3-23-14-7-6-11(9-13(14)17)10-18-19-15(21)12-5-4-8-20(2)16(12)22/h4-10H,3H2,1-2H3,(H,19,21)/b18-10-. The Morgan fingerprint density at radius 3 is 2.91 bits per heavy atom. The molecule has 0 spiro atoms. The Labute approximate surface area is 138 Å². The minimum absolute atomic E-state index is 0.0249. The van der Waals surface area contributed by atoms with E-state index in [0.29, 0.717) is 22.9 Å². The molecule has 0 unspecified atom stereocenters. The van der Waals surface area contributed by atoms with Crippen molar-refractivity contribution in [2.45, 2.75) is 6.92 Å². The van der Waals surface area contributed by atoms with Crippen molar-refractivity contribution in [2.75, 3.05) is 6.61 Å². The number of nitrogens with one attached hydrogen (secondary N) is 1. The first kappa shape index (κ1) is 16.8. The number of hydrogen-bond acceptors (Lipinski definition) is 4. The Balaban J connectivity index is 2.07. The van der Waals surface area contributed by atoms with Gasteiger partial charge in [0.05, 0.1) is 17.8 Å². The van der Waals surface area contributed by atoms with E-state index in [9.17, 15) is 9.59 Å². The van der Waals surface area contributed by atoms with Gasteiger partial charge in [0, 0.05) is 13.2 Å². The van der Waals surface area contributed by atoms with Crippen LogP contribution in [0.5, 0.6) is 5.75 Å². The number of hydrogen-bond donors (Lipinski definition) is 1. The van der Waals surface area contributed by atoms with Crippen molar-refractivity contribution in [1.82, 2.24) is 9.99 Å². The molecule has 0 aliphatic carbocycles. The van der Waals surface area contributed by atoms with Crippen LogP contribution in [0.2, 0.25) is 5.02 Å². The molecule has 1 N–H and O–H groups in total. The lowest BCUT2D eigenvalue weighted by Crippen LogP contribution is -2.29. The molecule has 0 saturated carbocycles. The number of halogens is 1. The van der Waals surface area contributed by atoms with Crippen molar-refractivity contribution in [3.63, 3.8) is 0 Å². The third-order valence-corrected chi connectivity index (χ3v) is 3.30. The topological polar surface area (TPSA) is 72.7 Å². The van der Waals surface area contributed by atoms with Crippen molar-refractivity contribution in [3.8, 4) is 5.75 Å². The second-order valence-electron chi connectivity index (χ2n) is 4.66. The van der Waals surface area contributed by atoms with Gasteiger partial charge < -0.3 is 9.30 Å². The van der Waals surface area contributed by atoms with E-state index in [4.69, 9.17) is 16.3 Å². The normalized spacial score (nSPS) is 10.7. The number of benzene rings is 1. The molecule has 1 aromatic heterocycles. The monoisotopic (exact) mass is 333 g/mol. The summed E-state index contributed by atoms with van der Waals surface area (Å²) in [6.45, 7) is 2.39. The minimum atomic E-state index is -0.570. The van der Waals surface area contributed by atoms with Crippen molar-refractivity contribution in [3.05, 3.63) is 63.0 Å². The average Bonchev–Trinajstić information content (AvgIpc) is 2.52. The Morgan fingerprint density at radius 1 is 1.43 bits per heavy atom. The van der Waals surface area contributed by atoms with Crippen molar-refractivity contribution in [2.24, 2.45) is 12.1 Å². The summed E-state index contributed by atoms with van der Waals surface area (Å²) in [5, 5.41) is 4.29. The number of hydrazone groups is 1. The number of carbonyl (C=O) groups excluding carboxylic acids is 1. The molecular weight excluding hydrogens is 318 g/mol. The summed E-state index contributed by atoms with van der Waals surface area (Å²) in [4.78, 5) is 23.7. The third kappa shape index (κ3) is 4.20. The smallest absolute Gasteiger partial charge is 0.276 e. The van der Waals surface area contributed by atoms with Crippen LogP contribution in [0.3, 0.4) is 0 Å². The molecule has 7 heteroatoms.